The van der Waals surface area contributed by atoms with Gasteiger partial charge in [0.05, 0.1) is 18.0 Å². The average Bonchev–Trinajstić information content (AvgIpc) is 2.27. The number of carbonyl (C=O) groups is 1. The van der Waals surface area contributed by atoms with Gasteiger partial charge in [0, 0.05) is 0 Å². The van der Waals surface area contributed by atoms with Crippen molar-refractivity contribution in [3.63, 3.8) is 0 Å². The van der Waals surface area contributed by atoms with Crippen molar-refractivity contribution in [2.75, 3.05) is 0 Å². The average molecular weight is 228 g/mol. The third-order valence-electron chi connectivity index (χ3n) is 2.96. The van der Waals surface area contributed by atoms with Gasteiger partial charge >= 0.3 is 0 Å². The van der Waals surface area contributed by atoms with Gasteiger partial charge in [-0.1, -0.05) is 19.3 Å². The molecule has 1 heterocycles. The van der Waals surface area contributed by atoms with Crippen LogP contribution in [-0.4, -0.2) is 34.3 Å². The number of rotatable bonds is 1. The number of alkyl halides is 1. The maximum absolute atomic E-state index is 11.8. The van der Waals surface area contributed by atoms with Crippen molar-refractivity contribution in [3.8, 4) is 0 Å². The molecule has 1 unspecified atom stereocenters. The van der Waals surface area contributed by atoms with E-state index >= 15 is 0 Å². The van der Waals surface area contributed by atoms with Crippen molar-refractivity contribution in [3.05, 3.63) is 0 Å². The Bertz CT molecular complexity index is 310. The van der Waals surface area contributed by atoms with Gasteiger partial charge < -0.3 is 5.41 Å². The molecule has 15 heavy (non-hydrogen) atoms. The first-order chi connectivity index (χ1) is 7.20. The first-order valence-corrected chi connectivity index (χ1v) is 5.73. The number of nitrogens with one attached hydrogen (secondary N) is 1. The van der Waals surface area contributed by atoms with Crippen molar-refractivity contribution in [2.24, 2.45) is 5.10 Å². The van der Waals surface area contributed by atoms with E-state index in [2.05, 4.69) is 5.10 Å². The zero-order chi connectivity index (χ0) is 10.8. The minimum atomic E-state index is -0.843. The Kier molecular flexibility index (Phi) is 3.05. The quantitative estimate of drug-likeness (QED) is 0.682. The van der Waals surface area contributed by atoms with E-state index in [1.54, 1.807) is 0 Å². The summed E-state index contributed by atoms with van der Waals surface area (Å²) in [6.07, 6.45) is 6.92. The van der Waals surface area contributed by atoms with Gasteiger partial charge in [-0.05, 0) is 12.8 Å². The highest BCUT2D eigenvalue weighted by atomic mass is 35.5. The summed E-state index contributed by atoms with van der Waals surface area (Å²) in [6.45, 7) is 0. The van der Waals surface area contributed by atoms with Gasteiger partial charge in [0.2, 0.25) is 0 Å². The topological polar surface area (TPSA) is 56.5 Å². The standard InChI is InChI=1S/C10H14ClN3O/c11-9-8(12)6-13-14(10(9)15)7-4-2-1-3-5-7/h6-7,9,12H,1-5H2. The molecule has 1 fully saturated rings. The molecule has 0 aromatic rings. The van der Waals surface area contributed by atoms with E-state index in [0.29, 0.717) is 0 Å². The fourth-order valence-electron chi connectivity index (χ4n) is 2.10. The number of hydrogen-bond donors (Lipinski definition) is 1. The maximum Gasteiger partial charge on any atom is 0.267 e. The van der Waals surface area contributed by atoms with E-state index in [1.165, 1.54) is 17.6 Å². The Labute approximate surface area is 93.8 Å². The summed E-state index contributed by atoms with van der Waals surface area (Å²) in [5.41, 5.74) is 0.0914. The Balaban J connectivity index is 2.11. The molecule has 1 saturated carbocycles. The molecule has 0 radical (unpaired) electrons. The van der Waals surface area contributed by atoms with Crippen LogP contribution in [0.2, 0.25) is 0 Å². The predicted molar refractivity (Wildman–Crippen MR) is 59.6 cm³/mol. The van der Waals surface area contributed by atoms with Crippen LogP contribution in [-0.2, 0) is 4.79 Å². The molecular weight excluding hydrogens is 214 g/mol. The summed E-state index contributed by atoms with van der Waals surface area (Å²) in [5, 5.41) is 12.1. The third-order valence-corrected chi connectivity index (χ3v) is 3.38. The van der Waals surface area contributed by atoms with Crippen molar-refractivity contribution < 1.29 is 4.79 Å². The van der Waals surface area contributed by atoms with E-state index in [4.69, 9.17) is 17.0 Å². The molecule has 1 aliphatic heterocycles. The summed E-state index contributed by atoms with van der Waals surface area (Å²) < 4.78 is 0. The number of nitrogens with zero attached hydrogens (tertiary/aromatic N) is 2. The normalized spacial score (nSPS) is 28.6. The second-order valence-corrected chi connectivity index (χ2v) is 4.47. The van der Waals surface area contributed by atoms with E-state index in [0.717, 1.165) is 25.7 Å². The summed E-state index contributed by atoms with van der Waals surface area (Å²) in [4.78, 5) is 11.8. The predicted octanol–water partition coefficient (Wildman–Crippen LogP) is 1.77. The first-order valence-electron chi connectivity index (χ1n) is 5.29. The van der Waals surface area contributed by atoms with Crippen LogP contribution in [0.15, 0.2) is 5.10 Å². The molecule has 1 aliphatic carbocycles. The van der Waals surface area contributed by atoms with E-state index < -0.39 is 5.38 Å². The van der Waals surface area contributed by atoms with Crippen molar-refractivity contribution in [1.82, 2.24) is 5.01 Å². The fraction of sp³-hybridized carbons (Fsp3) is 0.700. The zero-order valence-electron chi connectivity index (χ0n) is 8.45. The molecule has 0 spiro atoms. The third kappa shape index (κ3) is 2.04. The summed E-state index contributed by atoms with van der Waals surface area (Å²) >= 11 is 5.82. The lowest BCUT2D eigenvalue weighted by Crippen LogP contribution is -2.47. The molecule has 2 aliphatic rings. The van der Waals surface area contributed by atoms with Gasteiger partial charge in [0.1, 0.15) is 0 Å². The van der Waals surface area contributed by atoms with E-state index in [1.807, 2.05) is 0 Å². The smallest absolute Gasteiger partial charge is 0.267 e. The van der Waals surface area contributed by atoms with Crippen LogP contribution in [0, 0.1) is 5.41 Å². The zero-order valence-corrected chi connectivity index (χ0v) is 9.20. The molecule has 82 valence electrons. The number of halogens is 1. The summed E-state index contributed by atoms with van der Waals surface area (Å²) in [5.74, 6) is -0.240. The minimum absolute atomic E-state index is 0.0914. The van der Waals surface area contributed by atoms with Crippen molar-refractivity contribution >= 4 is 29.4 Å². The highest BCUT2D eigenvalue weighted by molar-refractivity contribution is 6.53. The molecule has 0 aromatic heterocycles. The van der Waals surface area contributed by atoms with Crippen molar-refractivity contribution in [1.29, 1.82) is 5.41 Å². The molecule has 1 atom stereocenters. The molecular formula is C10H14ClN3O. The van der Waals surface area contributed by atoms with Gasteiger partial charge in [-0.15, -0.1) is 11.6 Å². The SMILES string of the molecule is N=C1C=NN(C2CCCCC2)C(=O)C1Cl. The number of amides is 1. The lowest BCUT2D eigenvalue weighted by molar-refractivity contribution is -0.132. The van der Waals surface area contributed by atoms with Crippen LogP contribution in [0.4, 0.5) is 0 Å². The monoisotopic (exact) mass is 227 g/mol. The second-order valence-electron chi connectivity index (χ2n) is 4.04. The molecule has 0 bridgehead atoms. The Morgan fingerprint density at radius 3 is 2.73 bits per heavy atom. The molecule has 2 rings (SSSR count). The largest absolute Gasteiger partial charge is 0.301 e. The Hall–Kier alpha value is -0.900. The lowest BCUT2D eigenvalue weighted by atomic mass is 9.94. The highest BCUT2D eigenvalue weighted by Crippen LogP contribution is 2.25. The van der Waals surface area contributed by atoms with E-state index in [-0.39, 0.29) is 17.7 Å². The lowest BCUT2D eigenvalue weighted by Gasteiger charge is -2.33. The number of hydrogen-bond acceptors (Lipinski definition) is 3. The van der Waals surface area contributed by atoms with Crippen LogP contribution in [0.1, 0.15) is 32.1 Å². The summed E-state index contributed by atoms with van der Waals surface area (Å²) in [6, 6.07) is 0.192. The van der Waals surface area contributed by atoms with Crippen LogP contribution in [0.25, 0.3) is 0 Å². The van der Waals surface area contributed by atoms with Crippen LogP contribution in [0.5, 0.6) is 0 Å². The van der Waals surface area contributed by atoms with Crippen molar-refractivity contribution in [2.45, 2.75) is 43.5 Å². The van der Waals surface area contributed by atoms with Gasteiger partial charge in [-0.3, -0.25) is 4.79 Å². The van der Waals surface area contributed by atoms with Crippen LogP contribution >= 0.6 is 11.6 Å². The van der Waals surface area contributed by atoms with Crippen LogP contribution < -0.4 is 0 Å². The van der Waals surface area contributed by atoms with Crippen LogP contribution in [0.3, 0.4) is 0 Å². The maximum atomic E-state index is 11.8. The van der Waals surface area contributed by atoms with Gasteiger partial charge in [0.25, 0.3) is 5.91 Å². The van der Waals surface area contributed by atoms with E-state index in [9.17, 15) is 4.79 Å². The van der Waals surface area contributed by atoms with Gasteiger partial charge in [0.15, 0.2) is 5.38 Å². The molecule has 4 nitrogen and oxygen atoms in total. The number of carbonyl (C=O) groups excluding carboxylic acids is 1. The Morgan fingerprint density at radius 2 is 2.07 bits per heavy atom. The van der Waals surface area contributed by atoms with Gasteiger partial charge in [-0.2, -0.15) is 5.10 Å². The molecule has 1 N–H and O–H groups in total. The van der Waals surface area contributed by atoms with Gasteiger partial charge in [-0.25, -0.2) is 5.01 Å². The minimum Gasteiger partial charge on any atom is -0.301 e. The number of hydrazone groups is 1. The second kappa shape index (κ2) is 4.31. The summed E-state index contributed by atoms with van der Waals surface area (Å²) in [7, 11) is 0. The highest BCUT2D eigenvalue weighted by Gasteiger charge is 2.34. The Morgan fingerprint density at radius 1 is 1.40 bits per heavy atom. The molecule has 5 heteroatoms. The molecule has 0 aromatic carbocycles. The molecule has 1 amide bonds. The molecule has 0 saturated heterocycles. The fourth-order valence-corrected chi connectivity index (χ4v) is 2.25. The first kappa shape index (κ1) is 10.6.